The zero-order valence-electron chi connectivity index (χ0n) is 10.6. The Hall–Kier alpha value is -1.30. The molecular formula is C11H21N3O3. The van der Waals surface area contributed by atoms with Gasteiger partial charge in [-0.2, -0.15) is 0 Å². The van der Waals surface area contributed by atoms with Crippen molar-refractivity contribution in [2.24, 2.45) is 0 Å². The van der Waals surface area contributed by atoms with Gasteiger partial charge < -0.3 is 19.8 Å². The molecule has 98 valence electrons. The van der Waals surface area contributed by atoms with E-state index in [2.05, 4.69) is 4.90 Å². The molecule has 1 saturated heterocycles. The van der Waals surface area contributed by atoms with Crippen molar-refractivity contribution in [3.05, 3.63) is 0 Å². The van der Waals surface area contributed by atoms with Crippen molar-refractivity contribution in [1.82, 2.24) is 14.7 Å². The smallest absolute Gasteiger partial charge is 0.323 e. The van der Waals surface area contributed by atoms with Crippen LogP contribution in [0.4, 0.5) is 4.79 Å². The van der Waals surface area contributed by atoms with Crippen LogP contribution in [-0.2, 0) is 4.79 Å². The molecule has 17 heavy (non-hydrogen) atoms. The maximum Gasteiger partial charge on any atom is 0.323 e. The summed E-state index contributed by atoms with van der Waals surface area (Å²) in [5.74, 6) is -0.966. The second kappa shape index (κ2) is 6.44. The fourth-order valence-electron chi connectivity index (χ4n) is 1.92. The van der Waals surface area contributed by atoms with Gasteiger partial charge in [0.1, 0.15) is 6.54 Å². The van der Waals surface area contributed by atoms with Crippen molar-refractivity contribution in [2.45, 2.75) is 13.3 Å². The van der Waals surface area contributed by atoms with E-state index in [0.29, 0.717) is 19.6 Å². The van der Waals surface area contributed by atoms with Gasteiger partial charge in [0.25, 0.3) is 0 Å². The molecule has 0 aliphatic carbocycles. The number of urea groups is 1. The SMILES string of the molecule is CCN(CC(=O)O)C(=O)N1CCCN(C)CC1. The first kappa shape index (κ1) is 13.8. The lowest BCUT2D eigenvalue weighted by molar-refractivity contribution is -0.137. The molecule has 1 N–H and O–H groups in total. The van der Waals surface area contributed by atoms with Crippen molar-refractivity contribution in [3.8, 4) is 0 Å². The molecule has 1 rings (SSSR count). The highest BCUT2D eigenvalue weighted by Gasteiger charge is 2.23. The highest BCUT2D eigenvalue weighted by Crippen LogP contribution is 2.05. The molecule has 0 radical (unpaired) electrons. The minimum atomic E-state index is -0.966. The van der Waals surface area contributed by atoms with Gasteiger partial charge in [-0.25, -0.2) is 4.79 Å². The van der Waals surface area contributed by atoms with Crippen LogP contribution in [0.2, 0.25) is 0 Å². The monoisotopic (exact) mass is 243 g/mol. The summed E-state index contributed by atoms with van der Waals surface area (Å²) in [6.45, 7) is 5.21. The van der Waals surface area contributed by atoms with Crippen molar-refractivity contribution in [1.29, 1.82) is 0 Å². The fourth-order valence-corrected chi connectivity index (χ4v) is 1.92. The number of nitrogens with zero attached hydrogens (tertiary/aromatic N) is 3. The van der Waals surface area contributed by atoms with E-state index in [-0.39, 0.29) is 12.6 Å². The number of carbonyl (C=O) groups is 2. The Morgan fingerprint density at radius 3 is 2.53 bits per heavy atom. The maximum atomic E-state index is 12.1. The van der Waals surface area contributed by atoms with Crippen LogP contribution in [-0.4, -0.2) is 78.1 Å². The Balaban J connectivity index is 2.57. The zero-order chi connectivity index (χ0) is 12.8. The van der Waals surface area contributed by atoms with E-state index in [0.717, 1.165) is 19.5 Å². The average Bonchev–Trinajstić information content (AvgIpc) is 2.49. The molecule has 0 aromatic carbocycles. The molecule has 1 fully saturated rings. The molecule has 1 aliphatic rings. The molecule has 6 heteroatoms. The zero-order valence-corrected chi connectivity index (χ0v) is 10.6. The van der Waals surface area contributed by atoms with Gasteiger partial charge in [0, 0.05) is 26.2 Å². The van der Waals surface area contributed by atoms with Crippen molar-refractivity contribution >= 4 is 12.0 Å². The topological polar surface area (TPSA) is 64.1 Å². The molecule has 0 bridgehead atoms. The maximum absolute atomic E-state index is 12.1. The van der Waals surface area contributed by atoms with E-state index in [4.69, 9.17) is 5.11 Å². The third kappa shape index (κ3) is 4.22. The van der Waals surface area contributed by atoms with Crippen LogP contribution >= 0.6 is 0 Å². The van der Waals surface area contributed by atoms with E-state index >= 15 is 0 Å². The number of likely N-dealkylation sites (N-methyl/N-ethyl adjacent to an activating group) is 2. The molecule has 0 spiro atoms. The number of carboxylic acid groups (broad SMARTS) is 1. The van der Waals surface area contributed by atoms with Crippen molar-refractivity contribution in [2.75, 3.05) is 46.3 Å². The first-order chi connectivity index (χ1) is 8.04. The van der Waals surface area contributed by atoms with Gasteiger partial charge in [-0.3, -0.25) is 4.79 Å². The number of hydrogen-bond donors (Lipinski definition) is 1. The summed E-state index contributed by atoms with van der Waals surface area (Å²) in [6.07, 6.45) is 0.937. The quantitative estimate of drug-likeness (QED) is 0.766. The normalized spacial score (nSPS) is 17.6. The van der Waals surface area contributed by atoms with Gasteiger partial charge in [-0.1, -0.05) is 0 Å². The Morgan fingerprint density at radius 2 is 1.94 bits per heavy atom. The van der Waals surface area contributed by atoms with E-state index < -0.39 is 5.97 Å². The highest BCUT2D eigenvalue weighted by atomic mass is 16.4. The second-order valence-electron chi connectivity index (χ2n) is 4.33. The van der Waals surface area contributed by atoms with Crippen LogP contribution in [0.5, 0.6) is 0 Å². The number of carbonyl (C=O) groups excluding carboxylic acids is 1. The van der Waals surface area contributed by atoms with Gasteiger partial charge in [0.05, 0.1) is 0 Å². The lowest BCUT2D eigenvalue weighted by Crippen LogP contribution is -2.46. The molecule has 6 nitrogen and oxygen atoms in total. The number of carboxylic acids is 1. The number of aliphatic carboxylic acids is 1. The minimum absolute atomic E-state index is 0.162. The summed E-state index contributed by atoms with van der Waals surface area (Å²) in [6, 6.07) is -0.162. The van der Waals surface area contributed by atoms with Crippen LogP contribution < -0.4 is 0 Å². The molecule has 1 aliphatic heterocycles. The lowest BCUT2D eigenvalue weighted by Gasteiger charge is -2.28. The van der Waals surface area contributed by atoms with Crippen LogP contribution in [0, 0.1) is 0 Å². The predicted molar refractivity (Wildman–Crippen MR) is 64.0 cm³/mol. The van der Waals surface area contributed by atoms with Crippen molar-refractivity contribution in [3.63, 3.8) is 0 Å². The van der Waals surface area contributed by atoms with Crippen molar-refractivity contribution < 1.29 is 14.7 Å². The largest absolute Gasteiger partial charge is 0.480 e. The number of amides is 2. The first-order valence-electron chi connectivity index (χ1n) is 5.98. The molecule has 2 amide bonds. The van der Waals surface area contributed by atoms with E-state index in [1.165, 1.54) is 4.90 Å². The predicted octanol–water partition coefficient (Wildman–Crippen LogP) is 0.150. The Kier molecular flexibility index (Phi) is 5.21. The van der Waals surface area contributed by atoms with Crippen LogP contribution in [0.15, 0.2) is 0 Å². The minimum Gasteiger partial charge on any atom is -0.480 e. The van der Waals surface area contributed by atoms with Crippen LogP contribution in [0.25, 0.3) is 0 Å². The lowest BCUT2D eigenvalue weighted by atomic mass is 10.4. The van der Waals surface area contributed by atoms with Gasteiger partial charge in [-0.15, -0.1) is 0 Å². The molecular weight excluding hydrogens is 222 g/mol. The van der Waals surface area contributed by atoms with E-state index in [9.17, 15) is 9.59 Å². The summed E-state index contributed by atoms with van der Waals surface area (Å²) in [5, 5.41) is 8.74. The molecule has 0 aromatic heterocycles. The van der Waals surface area contributed by atoms with Crippen LogP contribution in [0.3, 0.4) is 0 Å². The number of rotatable bonds is 3. The van der Waals surface area contributed by atoms with E-state index in [1.807, 2.05) is 7.05 Å². The first-order valence-corrected chi connectivity index (χ1v) is 5.98. The summed E-state index contributed by atoms with van der Waals surface area (Å²) >= 11 is 0. The summed E-state index contributed by atoms with van der Waals surface area (Å²) < 4.78 is 0. The van der Waals surface area contributed by atoms with Gasteiger partial charge in [0.2, 0.25) is 0 Å². The third-order valence-electron chi connectivity index (χ3n) is 2.97. The average molecular weight is 243 g/mol. The van der Waals surface area contributed by atoms with Gasteiger partial charge >= 0.3 is 12.0 Å². The Labute approximate surface area is 102 Å². The van der Waals surface area contributed by atoms with E-state index in [1.54, 1.807) is 11.8 Å². The fraction of sp³-hybridized carbons (Fsp3) is 0.818. The summed E-state index contributed by atoms with van der Waals surface area (Å²) in [7, 11) is 2.03. The standard InChI is InChI=1S/C11H21N3O3/c1-3-13(9-10(15)16)11(17)14-6-4-5-12(2)7-8-14/h3-9H2,1-2H3,(H,15,16). The van der Waals surface area contributed by atoms with Gasteiger partial charge in [-0.05, 0) is 26.9 Å². The molecule has 0 atom stereocenters. The summed E-state index contributed by atoms with van der Waals surface area (Å²) in [4.78, 5) is 28.0. The summed E-state index contributed by atoms with van der Waals surface area (Å²) in [5.41, 5.74) is 0. The third-order valence-corrected chi connectivity index (χ3v) is 2.97. The Morgan fingerprint density at radius 1 is 1.24 bits per heavy atom. The second-order valence-corrected chi connectivity index (χ2v) is 4.33. The molecule has 0 unspecified atom stereocenters. The highest BCUT2D eigenvalue weighted by molar-refractivity contribution is 5.80. The van der Waals surface area contributed by atoms with Gasteiger partial charge in [0.15, 0.2) is 0 Å². The Bertz CT molecular complexity index is 283. The molecule has 1 heterocycles. The number of hydrogen-bond acceptors (Lipinski definition) is 3. The molecule has 0 aromatic rings. The van der Waals surface area contributed by atoms with Crippen LogP contribution in [0.1, 0.15) is 13.3 Å². The molecule has 0 saturated carbocycles.